The lowest BCUT2D eigenvalue weighted by Gasteiger charge is -2.19. The first kappa shape index (κ1) is 9.56. The van der Waals surface area contributed by atoms with Crippen molar-refractivity contribution in [2.75, 3.05) is 0 Å². The van der Waals surface area contributed by atoms with Gasteiger partial charge in [0, 0.05) is 0 Å². The second kappa shape index (κ2) is 2.75. The molecule has 0 saturated heterocycles. The lowest BCUT2D eigenvalue weighted by Crippen LogP contribution is -2.25. The zero-order chi connectivity index (χ0) is 9.52. The molecule has 0 aromatic heterocycles. The van der Waals surface area contributed by atoms with Crippen LogP contribution < -0.4 is 0 Å². The molecule has 0 amide bonds. The molecule has 1 aliphatic rings. The summed E-state index contributed by atoms with van der Waals surface area (Å²) in [7, 11) is 0. The first-order valence-electron chi connectivity index (χ1n) is 4.56. The van der Waals surface area contributed by atoms with E-state index in [1.165, 1.54) is 0 Å². The summed E-state index contributed by atoms with van der Waals surface area (Å²) in [6, 6.07) is 0. The highest BCUT2D eigenvalue weighted by atomic mass is 16.6. The standard InChI is InChI=1S/C10H18O2/c1-6-7(2)8(6)9(11)12-10(3,4)5/h6-8H,1-5H3. The summed E-state index contributed by atoms with van der Waals surface area (Å²) >= 11 is 0. The lowest BCUT2D eigenvalue weighted by molar-refractivity contribution is -0.157. The summed E-state index contributed by atoms with van der Waals surface area (Å²) in [4.78, 5) is 11.4. The minimum Gasteiger partial charge on any atom is -0.460 e. The molecular weight excluding hydrogens is 152 g/mol. The maximum atomic E-state index is 11.4. The molecule has 2 unspecified atom stereocenters. The van der Waals surface area contributed by atoms with Gasteiger partial charge in [-0.25, -0.2) is 0 Å². The third kappa shape index (κ3) is 1.99. The van der Waals surface area contributed by atoms with Crippen molar-refractivity contribution in [3.8, 4) is 0 Å². The zero-order valence-corrected chi connectivity index (χ0v) is 8.55. The van der Waals surface area contributed by atoms with E-state index in [1.807, 2.05) is 20.8 Å². The normalized spacial score (nSPS) is 34.6. The molecule has 70 valence electrons. The van der Waals surface area contributed by atoms with E-state index in [9.17, 15) is 4.79 Å². The van der Waals surface area contributed by atoms with Crippen LogP contribution in [0.25, 0.3) is 0 Å². The first-order valence-corrected chi connectivity index (χ1v) is 4.56. The van der Waals surface area contributed by atoms with Crippen molar-refractivity contribution in [3.05, 3.63) is 0 Å². The monoisotopic (exact) mass is 170 g/mol. The Morgan fingerprint density at radius 3 is 1.83 bits per heavy atom. The van der Waals surface area contributed by atoms with Crippen LogP contribution in [0.3, 0.4) is 0 Å². The van der Waals surface area contributed by atoms with Crippen molar-refractivity contribution < 1.29 is 9.53 Å². The molecule has 2 nitrogen and oxygen atoms in total. The van der Waals surface area contributed by atoms with E-state index < -0.39 is 0 Å². The molecule has 12 heavy (non-hydrogen) atoms. The van der Waals surface area contributed by atoms with Crippen molar-refractivity contribution in [1.82, 2.24) is 0 Å². The summed E-state index contributed by atoms with van der Waals surface area (Å²) in [5.74, 6) is 1.16. The second-order valence-corrected chi connectivity index (χ2v) is 4.78. The van der Waals surface area contributed by atoms with Crippen LogP contribution in [0.2, 0.25) is 0 Å². The quantitative estimate of drug-likeness (QED) is 0.564. The summed E-state index contributed by atoms with van der Waals surface area (Å²) < 4.78 is 5.26. The fourth-order valence-corrected chi connectivity index (χ4v) is 1.46. The molecular formula is C10H18O2. The van der Waals surface area contributed by atoms with Crippen molar-refractivity contribution in [2.45, 2.75) is 40.2 Å². The average molecular weight is 170 g/mol. The average Bonchev–Trinajstić information content (AvgIpc) is 2.36. The maximum Gasteiger partial charge on any atom is 0.310 e. The number of ether oxygens (including phenoxy) is 1. The molecule has 1 aliphatic carbocycles. The van der Waals surface area contributed by atoms with Crippen LogP contribution in [-0.2, 0) is 9.53 Å². The van der Waals surface area contributed by atoms with Crippen molar-refractivity contribution in [1.29, 1.82) is 0 Å². The highest BCUT2D eigenvalue weighted by Crippen LogP contribution is 2.46. The Kier molecular flexibility index (Phi) is 2.19. The molecule has 1 fully saturated rings. The molecule has 0 spiro atoms. The van der Waals surface area contributed by atoms with E-state index in [2.05, 4.69) is 13.8 Å². The third-order valence-corrected chi connectivity index (χ3v) is 2.50. The van der Waals surface area contributed by atoms with Gasteiger partial charge < -0.3 is 4.74 Å². The van der Waals surface area contributed by atoms with Crippen LogP contribution in [0.15, 0.2) is 0 Å². The number of hydrogen-bond acceptors (Lipinski definition) is 2. The van der Waals surface area contributed by atoms with Gasteiger partial charge in [0.25, 0.3) is 0 Å². The zero-order valence-electron chi connectivity index (χ0n) is 8.55. The topological polar surface area (TPSA) is 26.3 Å². The van der Waals surface area contributed by atoms with Gasteiger partial charge in [-0.2, -0.15) is 0 Å². The molecule has 1 saturated carbocycles. The maximum absolute atomic E-state index is 11.4. The van der Waals surface area contributed by atoms with E-state index in [4.69, 9.17) is 4.74 Å². The minimum absolute atomic E-state index is 0.0255. The highest BCUT2D eigenvalue weighted by molar-refractivity contribution is 5.76. The summed E-state index contributed by atoms with van der Waals surface area (Å²) in [5, 5.41) is 0. The Balaban J connectivity index is 2.41. The molecule has 0 bridgehead atoms. The van der Waals surface area contributed by atoms with E-state index >= 15 is 0 Å². The fraction of sp³-hybridized carbons (Fsp3) is 0.900. The smallest absolute Gasteiger partial charge is 0.310 e. The molecule has 2 atom stereocenters. The number of carbonyl (C=O) groups excluding carboxylic acids is 1. The van der Waals surface area contributed by atoms with E-state index in [1.54, 1.807) is 0 Å². The van der Waals surface area contributed by atoms with Gasteiger partial charge in [0.15, 0.2) is 0 Å². The first-order chi connectivity index (χ1) is 5.33. The SMILES string of the molecule is CC1C(C)C1C(=O)OC(C)(C)C. The van der Waals surface area contributed by atoms with E-state index in [0.29, 0.717) is 11.8 Å². The molecule has 0 aromatic rings. The van der Waals surface area contributed by atoms with Crippen LogP contribution in [0.1, 0.15) is 34.6 Å². The lowest BCUT2D eigenvalue weighted by atomic mass is 10.2. The van der Waals surface area contributed by atoms with Crippen LogP contribution in [-0.4, -0.2) is 11.6 Å². The van der Waals surface area contributed by atoms with Crippen LogP contribution >= 0.6 is 0 Å². The van der Waals surface area contributed by atoms with Gasteiger partial charge in [-0.15, -0.1) is 0 Å². The second-order valence-electron chi connectivity index (χ2n) is 4.78. The summed E-state index contributed by atoms with van der Waals surface area (Å²) in [6.07, 6.45) is 0. The van der Waals surface area contributed by atoms with Gasteiger partial charge in [0.05, 0.1) is 5.92 Å². The number of esters is 1. The molecule has 2 heteroatoms. The van der Waals surface area contributed by atoms with Gasteiger partial charge in [-0.3, -0.25) is 4.79 Å². The van der Waals surface area contributed by atoms with E-state index in [-0.39, 0.29) is 17.5 Å². The molecule has 0 N–H and O–H groups in total. The van der Waals surface area contributed by atoms with Crippen molar-refractivity contribution >= 4 is 5.97 Å². The van der Waals surface area contributed by atoms with Gasteiger partial charge in [0.1, 0.15) is 5.60 Å². The predicted octanol–water partition coefficient (Wildman–Crippen LogP) is 2.23. The van der Waals surface area contributed by atoms with Gasteiger partial charge in [-0.1, -0.05) is 13.8 Å². The summed E-state index contributed by atoms with van der Waals surface area (Å²) in [6.45, 7) is 9.91. The van der Waals surface area contributed by atoms with Crippen LogP contribution in [0.4, 0.5) is 0 Å². The van der Waals surface area contributed by atoms with E-state index in [0.717, 1.165) is 0 Å². The van der Waals surface area contributed by atoms with Crippen LogP contribution in [0.5, 0.6) is 0 Å². The molecule has 0 aliphatic heterocycles. The number of rotatable bonds is 1. The number of hydrogen-bond donors (Lipinski definition) is 0. The van der Waals surface area contributed by atoms with Crippen LogP contribution in [0, 0.1) is 17.8 Å². The third-order valence-electron chi connectivity index (χ3n) is 2.50. The van der Waals surface area contributed by atoms with Gasteiger partial charge in [-0.05, 0) is 32.6 Å². The molecule has 0 heterocycles. The molecule has 1 rings (SSSR count). The summed E-state index contributed by atoms with van der Waals surface area (Å²) in [5.41, 5.74) is -0.334. The Morgan fingerprint density at radius 2 is 1.58 bits per heavy atom. The fourth-order valence-electron chi connectivity index (χ4n) is 1.46. The Morgan fingerprint density at radius 1 is 1.17 bits per heavy atom. The Labute approximate surface area is 74.3 Å². The highest BCUT2D eigenvalue weighted by Gasteiger charge is 2.50. The van der Waals surface area contributed by atoms with Gasteiger partial charge >= 0.3 is 5.97 Å². The van der Waals surface area contributed by atoms with Gasteiger partial charge in [0.2, 0.25) is 0 Å². The molecule has 0 aromatic carbocycles. The number of carbonyl (C=O) groups is 1. The predicted molar refractivity (Wildman–Crippen MR) is 47.7 cm³/mol. The van der Waals surface area contributed by atoms with Crippen molar-refractivity contribution in [3.63, 3.8) is 0 Å². The Hall–Kier alpha value is -0.530. The Bertz CT molecular complexity index is 183. The minimum atomic E-state index is -0.334. The largest absolute Gasteiger partial charge is 0.460 e. The molecule has 0 radical (unpaired) electrons. The van der Waals surface area contributed by atoms with Crippen molar-refractivity contribution in [2.24, 2.45) is 17.8 Å².